The molecule has 2 rings (SSSR count). The highest BCUT2D eigenvalue weighted by atomic mass is 32.2. The van der Waals surface area contributed by atoms with Gasteiger partial charge < -0.3 is 14.8 Å². The molecule has 27 heavy (non-hydrogen) atoms. The van der Waals surface area contributed by atoms with Crippen molar-refractivity contribution in [3.8, 4) is 11.5 Å². The van der Waals surface area contributed by atoms with E-state index >= 15 is 0 Å². The van der Waals surface area contributed by atoms with Crippen LogP contribution < -0.4 is 19.5 Å². The zero-order valence-electron chi connectivity index (χ0n) is 15.6. The third-order valence-electron chi connectivity index (χ3n) is 3.68. The number of nitrogens with one attached hydrogen (secondary N) is 2. The number of amides is 1. The van der Waals surface area contributed by atoms with Gasteiger partial charge in [0.05, 0.1) is 17.7 Å². The number of anilines is 1. The molecule has 0 aliphatic heterocycles. The van der Waals surface area contributed by atoms with E-state index in [0.29, 0.717) is 30.2 Å². The average molecular weight is 392 g/mol. The fraction of sp³-hybridized carbons (Fsp3) is 0.316. The van der Waals surface area contributed by atoms with E-state index in [1.807, 2.05) is 19.9 Å². The molecule has 0 saturated carbocycles. The minimum absolute atomic E-state index is 0.150. The van der Waals surface area contributed by atoms with Gasteiger partial charge in [0.2, 0.25) is 10.0 Å². The first-order valence-corrected chi connectivity index (χ1v) is 10.0. The number of aryl methyl sites for hydroxylation is 1. The summed E-state index contributed by atoms with van der Waals surface area (Å²) in [5, 5.41) is 2.74. The van der Waals surface area contributed by atoms with E-state index in [9.17, 15) is 13.2 Å². The fourth-order valence-electron chi connectivity index (χ4n) is 2.29. The van der Waals surface area contributed by atoms with Crippen molar-refractivity contribution in [3.05, 3.63) is 48.0 Å². The number of methoxy groups -OCH3 is 1. The van der Waals surface area contributed by atoms with E-state index in [1.165, 1.54) is 31.4 Å². The number of hydrogen-bond acceptors (Lipinski definition) is 5. The van der Waals surface area contributed by atoms with Crippen molar-refractivity contribution in [2.75, 3.05) is 25.6 Å². The maximum atomic E-state index is 12.1. The minimum atomic E-state index is -3.52. The molecule has 146 valence electrons. The van der Waals surface area contributed by atoms with E-state index in [2.05, 4.69) is 10.0 Å². The van der Waals surface area contributed by atoms with Crippen LogP contribution in [0.5, 0.6) is 11.5 Å². The van der Waals surface area contributed by atoms with Crippen LogP contribution in [0.2, 0.25) is 0 Å². The summed E-state index contributed by atoms with van der Waals surface area (Å²) in [4.78, 5) is 12.3. The van der Waals surface area contributed by atoms with Crippen LogP contribution in [0.3, 0.4) is 0 Å². The third-order valence-corrected chi connectivity index (χ3v) is 5.15. The predicted octanol–water partition coefficient (Wildman–Crippen LogP) is 2.71. The van der Waals surface area contributed by atoms with Crippen LogP contribution in [0.15, 0.2) is 47.4 Å². The molecule has 0 radical (unpaired) electrons. The summed E-state index contributed by atoms with van der Waals surface area (Å²) in [6, 6.07) is 11.4. The molecule has 0 saturated heterocycles. The molecule has 7 nitrogen and oxygen atoms in total. The number of carbonyl (C=O) groups is 1. The Hall–Kier alpha value is -2.58. The van der Waals surface area contributed by atoms with E-state index in [4.69, 9.17) is 9.47 Å². The molecule has 0 aliphatic rings. The number of carbonyl (C=O) groups excluding carboxylic acids is 1. The molecule has 0 unspecified atom stereocenters. The first kappa shape index (κ1) is 20.7. The van der Waals surface area contributed by atoms with E-state index in [1.54, 1.807) is 12.1 Å². The summed E-state index contributed by atoms with van der Waals surface area (Å²) in [7, 11) is -1.99. The van der Waals surface area contributed by atoms with Crippen LogP contribution in [0, 0.1) is 6.92 Å². The molecule has 0 atom stereocenters. The molecule has 0 bridgehead atoms. The van der Waals surface area contributed by atoms with Gasteiger partial charge in [-0.15, -0.1) is 0 Å². The minimum Gasteiger partial charge on any atom is -0.495 e. The molecule has 0 heterocycles. The van der Waals surface area contributed by atoms with E-state index in [-0.39, 0.29) is 17.4 Å². The van der Waals surface area contributed by atoms with Crippen molar-refractivity contribution in [1.82, 2.24) is 4.72 Å². The number of ether oxygens (including phenoxy) is 2. The topological polar surface area (TPSA) is 93.7 Å². The second-order valence-electron chi connectivity index (χ2n) is 5.91. The van der Waals surface area contributed by atoms with Gasteiger partial charge in [-0.1, -0.05) is 13.0 Å². The van der Waals surface area contributed by atoms with Gasteiger partial charge in [0.15, 0.2) is 6.61 Å². The summed E-state index contributed by atoms with van der Waals surface area (Å²) in [6.07, 6.45) is 0.710. The van der Waals surface area contributed by atoms with Gasteiger partial charge in [0.1, 0.15) is 11.5 Å². The lowest BCUT2D eigenvalue weighted by atomic mass is 10.2. The molecule has 8 heteroatoms. The number of rotatable bonds is 9. The largest absolute Gasteiger partial charge is 0.495 e. The second kappa shape index (κ2) is 9.38. The first-order valence-electron chi connectivity index (χ1n) is 8.52. The highest BCUT2D eigenvalue weighted by molar-refractivity contribution is 7.89. The zero-order chi connectivity index (χ0) is 19.9. The van der Waals surface area contributed by atoms with Gasteiger partial charge in [-0.2, -0.15) is 0 Å². The summed E-state index contributed by atoms with van der Waals surface area (Å²) < 4.78 is 37.2. The molecule has 1 amide bonds. The van der Waals surface area contributed by atoms with Crippen molar-refractivity contribution in [2.24, 2.45) is 0 Å². The van der Waals surface area contributed by atoms with Crippen LogP contribution in [0.25, 0.3) is 0 Å². The van der Waals surface area contributed by atoms with Crippen LogP contribution >= 0.6 is 0 Å². The summed E-state index contributed by atoms with van der Waals surface area (Å²) >= 11 is 0. The summed E-state index contributed by atoms with van der Waals surface area (Å²) in [5.41, 5.74) is 1.55. The Balaban J connectivity index is 1.95. The SMILES string of the molecule is CCCNS(=O)(=O)c1ccc(OCC(=O)Nc2cc(C)ccc2OC)cc1. The van der Waals surface area contributed by atoms with Gasteiger partial charge in [0, 0.05) is 6.54 Å². The molecule has 2 aromatic rings. The molecule has 0 aromatic heterocycles. The number of sulfonamides is 1. The van der Waals surface area contributed by atoms with Crippen molar-refractivity contribution in [3.63, 3.8) is 0 Å². The van der Waals surface area contributed by atoms with Crippen molar-refractivity contribution < 1.29 is 22.7 Å². The molecule has 2 aromatic carbocycles. The molecular weight excluding hydrogens is 368 g/mol. The second-order valence-corrected chi connectivity index (χ2v) is 7.68. The highest BCUT2D eigenvalue weighted by Crippen LogP contribution is 2.25. The van der Waals surface area contributed by atoms with Gasteiger partial charge in [-0.3, -0.25) is 4.79 Å². The smallest absolute Gasteiger partial charge is 0.262 e. The van der Waals surface area contributed by atoms with Crippen LogP contribution in [-0.2, 0) is 14.8 Å². The Bertz CT molecular complexity index is 879. The molecule has 0 spiro atoms. The number of benzene rings is 2. The highest BCUT2D eigenvalue weighted by Gasteiger charge is 2.13. The molecular formula is C19H24N2O5S. The standard InChI is InChI=1S/C19H24N2O5S/c1-4-11-20-27(23,24)16-8-6-15(7-9-16)26-13-19(22)21-17-12-14(2)5-10-18(17)25-3/h5-10,12,20H,4,11,13H2,1-3H3,(H,21,22). The van der Waals surface area contributed by atoms with Gasteiger partial charge >= 0.3 is 0 Å². The Kier molecular flexibility index (Phi) is 7.20. The van der Waals surface area contributed by atoms with Crippen LogP contribution in [-0.4, -0.2) is 34.6 Å². The predicted molar refractivity (Wildman–Crippen MR) is 104 cm³/mol. The number of hydrogen-bond donors (Lipinski definition) is 2. The van der Waals surface area contributed by atoms with Crippen LogP contribution in [0.1, 0.15) is 18.9 Å². The maximum Gasteiger partial charge on any atom is 0.262 e. The van der Waals surface area contributed by atoms with E-state index < -0.39 is 10.0 Å². The summed E-state index contributed by atoms with van der Waals surface area (Å²) in [5.74, 6) is 0.610. The quantitative estimate of drug-likeness (QED) is 0.684. The fourth-order valence-corrected chi connectivity index (χ4v) is 3.42. The van der Waals surface area contributed by atoms with Gasteiger partial charge in [0.25, 0.3) is 5.91 Å². The lowest BCUT2D eigenvalue weighted by molar-refractivity contribution is -0.118. The first-order chi connectivity index (χ1) is 12.9. The zero-order valence-corrected chi connectivity index (χ0v) is 16.4. The Labute approximate surface area is 159 Å². The molecule has 0 fully saturated rings. The van der Waals surface area contributed by atoms with Crippen molar-refractivity contribution in [1.29, 1.82) is 0 Å². The van der Waals surface area contributed by atoms with Gasteiger partial charge in [-0.05, 0) is 55.3 Å². The average Bonchev–Trinajstić information content (AvgIpc) is 2.65. The molecule has 2 N–H and O–H groups in total. The van der Waals surface area contributed by atoms with Crippen molar-refractivity contribution in [2.45, 2.75) is 25.2 Å². The monoisotopic (exact) mass is 392 g/mol. The maximum absolute atomic E-state index is 12.1. The Morgan fingerprint density at radius 1 is 1.11 bits per heavy atom. The van der Waals surface area contributed by atoms with Gasteiger partial charge in [-0.25, -0.2) is 13.1 Å². The molecule has 0 aliphatic carbocycles. The lowest BCUT2D eigenvalue weighted by Crippen LogP contribution is -2.24. The lowest BCUT2D eigenvalue weighted by Gasteiger charge is -2.12. The van der Waals surface area contributed by atoms with Crippen molar-refractivity contribution >= 4 is 21.6 Å². The Morgan fingerprint density at radius 2 is 1.81 bits per heavy atom. The third kappa shape index (κ3) is 5.97. The van der Waals surface area contributed by atoms with Crippen LogP contribution in [0.4, 0.5) is 5.69 Å². The normalized spacial score (nSPS) is 11.1. The summed E-state index contributed by atoms with van der Waals surface area (Å²) in [6.45, 7) is 3.97. The van der Waals surface area contributed by atoms with E-state index in [0.717, 1.165) is 5.56 Å². The Morgan fingerprint density at radius 3 is 2.44 bits per heavy atom.